The zero-order chi connectivity index (χ0) is 29.3. The molecule has 1 atom stereocenters. The molecule has 0 bridgehead atoms. The van der Waals surface area contributed by atoms with Crippen LogP contribution in [0, 0.1) is 13.8 Å². The summed E-state index contributed by atoms with van der Waals surface area (Å²) in [6.07, 6.45) is 3.12. The van der Waals surface area contributed by atoms with Crippen LogP contribution in [0.15, 0.2) is 77.3 Å². The first-order chi connectivity index (χ1) is 19.0. The van der Waals surface area contributed by atoms with E-state index in [1.165, 1.54) is 4.90 Å². The molecule has 3 rings (SSSR count). The highest BCUT2D eigenvalue weighted by molar-refractivity contribution is 9.10. The van der Waals surface area contributed by atoms with Crippen molar-refractivity contribution >= 4 is 43.5 Å². The third-order valence-electron chi connectivity index (χ3n) is 6.64. The number of benzene rings is 3. The van der Waals surface area contributed by atoms with Crippen molar-refractivity contribution < 1.29 is 18.0 Å². The van der Waals surface area contributed by atoms with Gasteiger partial charge in [0.2, 0.25) is 21.8 Å². The number of halogens is 1. The van der Waals surface area contributed by atoms with Gasteiger partial charge in [0, 0.05) is 24.0 Å². The number of nitrogens with one attached hydrogen (secondary N) is 1. The van der Waals surface area contributed by atoms with Gasteiger partial charge >= 0.3 is 0 Å². The van der Waals surface area contributed by atoms with E-state index in [-0.39, 0.29) is 12.5 Å². The molecular formula is C31H38BrN3O4S. The number of nitrogens with zero attached hydrogens (tertiary/aromatic N) is 2. The quantitative estimate of drug-likeness (QED) is 0.258. The van der Waals surface area contributed by atoms with Gasteiger partial charge in [0.15, 0.2) is 0 Å². The molecule has 0 saturated carbocycles. The third kappa shape index (κ3) is 8.93. The van der Waals surface area contributed by atoms with Crippen molar-refractivity contribution in [3.8, 4) is 0 Å². The Bertz CT molecular complexity index is 1410. The number of carbonyl (C=O) groups excluding carboxylic acids is 2. The smallest absolute Gasteiger partial charge is 0.244 e. The van der Waals surface area contributed by atoms with E-state index in [4.69, 9.17) is 0 Å². The number of anilines is 1. The van der Waals surface area contributed by atoms with Crippen LogP contribution in [0.3, 0.4) is 0 Å². The van der Waals surface area contributed by atoms with Gasteiger partial charge in [-0.15, -0.1) is 0 Å². The van der Waals surface area contributed by atoms with Crippen molar-refractivity contribution in [3.05, 3.63) is 99.5 Å². The number of aryl methyl sites for hydroxylation is 2. The summed E-state index contributed by atoms with van der Waals surface area (Å²) in [6.45, 7) is 6.10. The van der Waals surface area contributed by atoms with Crippen LogP contribution in [0.25, 0.3) is 0 Å². The molecule has 40 heavy (non-hydrogen) atoms. The Hall–Kier alpha value is -3.17. The first-order valence-corrected chi connectivity index (χ1v) is 16.0. The molecule has 0 unspecified atom stereocenters. The molecule has 2 amide bonds. The van der Waals surface area contributed by atoms with Crippen molar-refractivity contribution in [3.63, 3.8) is 0 Å². The van der Waals surface area contributed by atoms with Crippen molar-refractivity contribution in [1.82, 2.24) is 10.2 Å². The number of hydrogen-bond donors (Lipinski definition) is 1. The average molecular weight is 629 g/mol. The molecule has 3 aromatic carbocycles. The summed E-state index contributed by atoms with van der Waals surface area (Å²) in [4.78, 5) is 29.3. The predicted octanol–water partition coefficient (Wildman–Crippen LogP) is 5.39. The van der Waals surface area contributed by atoms with Gasteiger partial charge in [-0.2, -0.15) is 0 Å². The molecule has 214 valence electrons. The Kier molecular flexibility index (Phi) is 11.3. The number of unbranched alkanes of at least 4 members (excludes halogenated alkanes) is 1. The normalized spacial score (nSPS) is 12.0. The molecule has 0 aromatic heterocycles. The third-order valence-corrected chi connectivity index (χ3v) is 8.68. The SMILES string of the molecule is CCCCNC(=O)[C@@H](Cc1ccccc1)N(Cc1cccc(C)c1)C(=O)CN(c1ccc(Br)c(C)c1)S(C)(=O)=O. The summed E-state index contributed by atoms with van der Waals surface area (Å²) in [7, 11) is -3.81. The van der Waals surface area contributed by atoms with Crippen LogP contribution >= 0.6 is 15.9 Å². The van der Waals surface area contributed by atoms with Crippen LogP contribution in [-0.4, -0.2) is 50.5 Å². The van der Waals surface area contributed by atoms with Crippen LogP contribution in [0.1, 0.15) is 42.0 Å². The van der Waals surface area contributed by atoms with E-state index in [0.717, 1.165) is 50.1 Å². The van der Waals surface area contributed by atoms with E-state index in [1.54, 1.807) is 18.2 Å². The molecule has 0 aliphatic rings. The van der Waals surface area contributed by atoms with Gasteiger partial charge in [0.05, 0.1) is 11.9 Å². The highest BCUT2D eigenvalue weighted by Gasteiger charge is 2.33. The second kappa shape index (κ2) is 14.5. The average Bonchev–Trinajstić information content (AvgIpc) is 2.91. The summed E-state index contributed by atoms with van der Waals surface area (Å²) >= 11 is 3.45. The first-order valence-electron chi connectivity index (χ1n) is 13.4. The van der Waals surface area contributed by atoms with Crippen LogP contribution in [0.5, 0.6) is 0 Å². The zero-order valence-corrected chi connectivity index (χ0v) is 26.0. The fourth-order valence-corrected chi connectivity index (χ4v) is 5.55. The van der Waals surface area contributed by atoms with E-state index in [1.807, 2.05) is 75.4 Å². The second-order valence-corrected chi connectivity index (χ2v) is 12.8. The molecule has 1 N–H and O–H groups in total. The number of carbonyl (C=O) groups is 2. The van der Waals surface area contributed by atoms with Gasteiger partial charge in [-0.1, -0.05) is 89.4 Å². The summed E-state index contributed by atoms with van der Waals surface area (Å²) in [6, 6.07) is 21.6. The van der Waals surface area contributed by atoms with Crippen molar-refractivity contribution in [2.75, 3.05) is 23.7 Å². The van der Waals surface area contributed by atoms with Crippen LogP contribution in [-0.2, 0) is 32.6 Å². The Morgan fingerprint density at radius 2 is 1.65 bits per heavy atom. The van der Waals surface area contributed by atoms with E-state index in [9.17, 15) is 18.0 Å². The number of rotatable bonds is 13. The molecule has 0 aliphatic carbocycles. The van der Waals surface area contributed by atoms with Gasteiger partial charge in [-0.05, 0) is 55.2 Å². The maximum absolute atomic E-state index is 14.1. The summed E-state index contributed by atoms with van der Waals surface area (Å²) < 4.78 is 27.8. The van der Waals surface area contributed by atoms with Gasteiger partial charge in [-0.25, -0.2) is 8.42 Å². The minimum atomic E-state index is -3.81. The summed E-state index contributed by atoms with van der Waals surface area (Å²) in [5, 5.41) is 3.00. The lowest BCUT2D eigenvalue weighted by Gasteiger charge is -2.33. The monoisotopic (exact) mass is 627 g/mol. The highest BCUT2D eigenvalue weighted by atomic mass is 79.9. The van der Waals surface area contributed by atoms with Gasteiger partial charge in [0.25, 0.3) is 0 Å². The molecule has 0 radical (unpaired) electrons. The number of hydrogen-bond acceptors (Lipinski definition) is 4. The Labute approximate surface area is 246 Å². The fraction of sp³-hybridized carbons (Fsp3) is 0.355. The summed E-state index contributed by atoms with van der Waals surface area (Å²) in [5.41, 5.74) is 4.02. The van der Waals surface area contributed by atoms with Crippen molar-refractivity contribution in [2.24, 2.45) is 0 Å². The van der Waals surface area contributed by atoms with E-state index in [2.05, 4.69) is 21.2 Å². The molecule has 9 heteroatoms. The maximum atomic E-state index is 14.1. The molecule has 0 spiro atoms. The zero-order valence-electron chi connectivity index (χ0n) is 23.6. The standard InChI is InChI=1S/C31H38BrN3O4S/c1-5-6-17-33-31(37)29(20-25-12-8-7-9-13-25)34(21-26-14-10-11-23(2)18-26)30(36)22-35(40(4,38)39)27-15-16-28(32)24(3)19-27/h7-16,18-19,29H,5-6,17,20-22H2,1-4H3,(H,33,37)/t29-/m1/s1. The molecule has 0 heterocycles. The fourth-order valence-electron chi connectivity index (χ4n) is 4.47. The highest BCUT2D eigenvalue weighted by Crippen LogP contribution is 2.25. The number of sulfonamides is 1. The molecule has 0 saturated heterocycles. The molecule has 7 nitrogen and oxygen atoms in total. The first kappa shape index (κ1) is 31.4. The van der Waals surface area contributed by atoms with E-state index in [0.29, 0.717) is 18.7 Å². The largest absolute Gasteiger partial charge is 0.354 e. The lowest BCUT2D eigenvalue weighted by Crippen LogP contribution is -2.53. The van der Waals surface area contributed by atoms with Crippen molar-refractivity contribution in [2.45, 2.75) is 52.6 Å². The maximum Gasteiger partial charge on any atom is 0.244 e. The van der Waals surface area contributed by atoms with Gasteiger partial charge in [0.1, 0.15) is 12.6 Å². The van der Waals surface area contributed by atoms with Crippen LogP contribution in [0.4, 0.5) is 5.69 Å². The molecular weight excluding hydrogens is 590 g/mol. The summed E-state index contributed by atoms with van der Waals surface area (Å²) in [5.74, 6) is -0.720. The Balaban J connectivity index is 2.04. The topological polar surface area (TPSA) is 86.8 Å². The van der Waals surface area contributed by atoms with E-state index >= 15 is 0 Å². The van der Waals surface area contributed by atoms with Crippen LogP contribution < -0.4 is 9.62 Å². The van der Waals surface area contributed by atoms with Gasteiger partial charge in [-0.3, -0.25) is 13.9 Å². The van der Waals surface area contributed by atoms with E-state index < -0.39 is 28.5 Å². The second-order valence-electron chi connectivity index (χ2n) is 10.1. The Morgan fingerprint density at radius 3 is 2.27 bits per heavy atom. The Morgan fingerprint density at radius 1 is 0.950 bits per heavy atom. The minimum absolute atomic E-state index is 0.163. The number of amides is 2. The predicted molar refractivity (Wildman–Crippen MR) is 165 cm³/mol. The minimum Gasteiger partial charge on any atom is -0.354 e. The van der Waals surface area contributed by atoms with Crippen molar-refractivity contribution in [1.29, 1.82) is 0 Å². The van der Waals surface area contributed by atoms with Crippen LogP contribution in [0.2, 0.25) is 0 Å². The lowest BCUT2D eigenvalue weighted by atomic mass is 10.0. The van der Waals surface area contributed by atoms with Gasteiger partial charge < -0.3 is 10.2 Å². The molecule has 0 fully saturated rings. The molecule has 3 aromatic rings. The lowest BCUT2D eigenvalue weighted by molar-refractivity contribution is -0.140. The molecule has 0 aliphatic heterocycles.